The van der Waals surface area contributed by atoms with Crippen molar-refractivity contribution in [2.24, 2.45) is 0 Å². The quantitative estimate of drug-likeness (QED) is 0.381. The first-order valence-electron chi connectivity index (χ1n) is 2.67. The topological polar surface area (TPSA) is 20.2 Å². The van der Waals surface area contributed by atoms with Crippen LogP contribution < -0.4 is 0 Å². The van der Waals surface area contributed by atoms with Gasteiger partial charge < -0.3 is 5.11 Å². The smallest absolute Gasteiger partial charge is 0.187 e. The van der Waals surface area contributed by atoms with Crippen molar-refractivity contribution in [3.63, 3.8) is 0 Å². The monoisotopic (exact) mass is 420 g/mol. The molecular weight excluding hydrogens is 419 g/mol. The zero-order chi connectivity index (χ0) is 9.46. The van der Waals surface area contributed by atoms with Gasteiger partial charge in [-0.25, -0.2) is 0 Å². The summed E-state index contributed by atoms with van der Waals surface area (Å²) in [5, 5.41) is 9.01. The minimum atomic E-state index is -0.363. The molecular formula is C6H5AlCl6OZr. The fourth-order valence-corrected chi connectivity index (χ4v) is 1.72. The van der Waals surface area contributed by atoms with Crippen LogP contribution in [0.15, 0.2) is 0 Å². The van der Waals surface area contributed by atoms with Crippen LogP contribution in [0.1, 0.15) is 0 Å². The van der Waals surface area contributed by atoms with Crippen molar-refractivity contribution in [2.75, 3.05) is 0 Å². The van der Waals surface area contributed by atoms with E-state index in [-0.39, 0.29) is 86.8 Å². The molecule has 0 atom stereocenters. The Kier molecular flexibility index (Phi) is 13.6. The summed E-state index contributed by atoms with van der Waals surface area (Å²) in [6.07, 6.45) is 0. The summed E-state index contributed by atoms with van der Waals surface area (Å²) in [4.78, 5) is 0. The van der Waals surface area contributed by atoms with E-state index >= 15 is 0 Å². The molecule has 0 heterocycles. The van der Waals surface area contributed by atoms with Gasteiger partial charge in [-0.2, -0.15) is 0 Å². The van der Waals surface area contributed by atoms with Crippen molar-refractivity contribution in [1.82, 2.24) is 0 Å². The first kappa shape index (κ1) is 22.4. The second-order valence-electron chi connectivity index (χ2n) is 1.92. The molecule has 84 valence electrons. The van der Waals surface area contributed by atoms with Crippen LogP contribution >= 0.6 is 70.4 Å². The molecule has 0 aliphatic carbocycles. The van der Waals surface area contributed by atoms with Crippen molar-refractivity contribution in [2.45, 2.75) is 0 Å². The number of halogens is 6. The molecule has 0 spiro atoms. The van der Waals surface area contributed by atoms with E-state index in [1.165, 1.54) is 0 Å². The molecule has 0 saturated carbocycles. The van der Waals surface area contributed by atoms with Crippen molar-refractivity contribution >= 4 is 87.8 Å². The Hall–Kier alpha value is 2.18. The van der Waals surface area contributed by atoms with Crippen LogP contribution in [0.2, 0.25) is 25.1 Å². The molecule has 0 unspecified atom stereocenters. The number of benzene rings is 1. The van der Waals surface area contributed by atoms with Gasteiger partial charge in [0.25, 0.3) is 0 Å². The number of rotatable bonds is 0. The average molecular weight is 424 g/mol. The average Bonchev–Trinajstić information content (AvgIpc) is 2.08. The third kappa shape index (κ3) is 4.74. The molecule has 1 nitrogen and oxygen atoms in total. The van der Waals surface area contributed by atoms with Gasteiger partial charge in [0.2, 0.25) is 0 Å². The van der Waals surface area contributed by atoms with Gasteiger partial charge in [0.15, 0.2) is 23.1 Å². The molecule has 1 rings (SSSR count). The second kappa shape index (κ2) is 9.15. The third-order valence-electron chi connectivity index (χ3n) is 1.19. The maximum Gasteiger partial charge on any atom is 0.187 e. The summed E-state index contributed by atoms with van der Waals surface area (Å²) in [7, 11) is 0. The van der Waals surface area contributed by atoms with Crippen molar-refractivity contribution in [3.05, 3.63) is 25.1 Å². The third-order valence-corrected chi connectivity index (χ3v) is 3.44. The molecule has 1 aromatic carbocycles. The van der Waals surface area contributed by atoms with E-state index in [2.05, 4.69) is 0 Å². The molecule has 15 heavy (non-hydrogen) atoms. The molecule has 0 radical (unpaired) electrons. The number of phenolic OH excluding ortho intramolecular Hbond substituents is 1. The van der Waals surface area contributed by atoms with E-state index in [0.29, 0.717) is 0 Å². The largest absolute Gasteiger partial charge is 0.505 e. The molecule has 0 bridgehead atoms. The summed E-state index contributed by atoms with van der Waals surface area (Å²) in [5.41, 5.74) is 0. The van der Waals surface area contributed by atoms with Crippen LogP contribution in [0.25, 0.3) is 0 Å². The minimum Gasteiger partial charge on any atom is -0.505 e. The Balaban J connectivity index is -0.000000480. The van der Waals surface area contributed by atoms with Gasteiger partial charge in [0.05, 0.1) is 15.1 Å². The van der Waals surface area contributed by atoms with Gasteiger partial charge in [-0.1, -0.05) is 58.0 Å². The van der Waals surface area contributed by atoms with Crippen LogP contribution in [0.4, 0.5) is 0 Å². The van der Waals surface area contributed by atoms with E-state index in [0.717, 1.165) is 0 Å². The summed E-state index contributed by atoms with van der Waals surface area (Å²) < 4.78 is 0. The predicted molar refractivity (Wildman–Crippen MR) is 70.3 cm³/mol. The molecule has 1 aromatic rings. The fraction of sp³-hybridized carbons (Fsp3) is 0. The van der Waals surface area contributed by atoms with Gasteiger partial charge in [0, 0.05) is 26.2 Å². The summed E-state index contributed by atoms with van der Waals surface area (Å²) in [5.74, 6) is -0.363. The molecule has 1 N–H and O–H groups in total. The van der Waals surface area contributed by atoms with E-state index in [4.69, 9.17) is 58.0 Å². The standard InChI is InChI=1S/C6HCl5O.Al.ClH.Zr.3H/c7-1-2(8)4(10)6(12)5(11)3(1)9;;;;;;/h12H;;1H;;;;. The van der Waals surface area contributed by atoms with Gasteiger partial charge in [-0.3, -0.25) is 0 Å². The molecule has 0 fully saturated rings. The Morgan fingerprint density at radius 2 is 0.867 bits per heavy atom. The van der Waals surface area contributed by atoms with Gasteiger partial charge in [0.1, 0.15) is 10.0 Å². The maximum absolute atomic E-state index is 9.20. The van der Waals surface area contributed by atoms with Crippen molar-refractivity contribution in [1.29, 1.82) is 0 Å². The zero-order valence-electron chi connectivity index (χ0n) is 6.25. The fourth-order valence-electron chi connectivity index (χ4n) is 0.593. The number of hydrogen-bond donors (Lipinski definition) is 1. The molecule has 9 heteroatoms. The van der Waals surface area contributed by atoms with E-state index in [1.807, 2.05) is 0 Å². The van der Waals surface area contributed by atoms with Gasteiger partial charge in [-0.15, -0.1) is 12.4 Å². The SMILES string of the molecule is Cl.Oc1c(Cl)c(Cl)c(Cl)c(Cl)c1Cl.[AlH3].[Zr]. The first-order chi connectivity index (χ1) is 5.46. The number of aromatic hydroxyl groups is 1. The minimum absolute atomic E-state index is 0. The molecule has 0 aliphatic rings. The van der Waals surface area contributed by atoms with E-state index in [1.54, 1.807) is 0 Å². The summed E-state index contributed by atoms with van der Waals surface area (Å²) in [6.45, 7) is 0. The number of phenols is 1. The molecule has 0 amide bonds. The Morgan fingerprint density at radius 1 is 0.667 bits per heavy atom. The van der Waals surface area contributed by atoms with E-state index < -0.39 is 0 Å². The Morgan fingerprint density at radius 3 is 1.13 bits per heavy atom. The van der Waals surface area contributed by atoms with Crippen LogP contribution in [0.5, 0.6) is 5.75 Å². The maximum atomic E-state index is 9.20. The molecule has 0 aromatic heterocycles. The Labute approximate surface area is 148 Å². The first-order valence-corrected chi connectivity index (χ1v) is 4.56. The Bertz CT molecular complexity index is 242. The van der Waals surface area contributed by atoms with Crippen LogP contribution in [0, 0.1) is 0 Å². The van der Waals surface area contributed by atoms with Gasteiger partial charge in [-0.05, 0) is 0 Å². The van der Waals surface area contributed by atoms with Crippen molar-refractivity contribution in [3.8, 4) is 5.75 Å². The zero-order valence-corrected chi connectivity index (χ0v) is 13.3. The van der Waals surface area contributed by atoms with Gasteiger partial charge >= 0.3 is 0 Å². The van der Waals surface area contributed by atoms with E-state index in [9.17, 15) is 5.11 Å². The normalized spacial score (nSPS) is 8.33. The second-order valence-corrected chi connectivity index (χ2v) is 3.81. The summed E-state index contributed by atoms with van der Waals surface area (Å²) >= 11 is 27.9. The molecule has 0 aliphatic heterocycles. The number of hydrogen-bond acceptors (Lipinski definition) is 1. The van der Waals surface area contributed by atoms with Crippen molar-refractivity contribution < 1.29 is 31.3 Å². The summed E-state index contributed by atoms with van der Waals surface area (Å²) in [6, 6.07) is 0. The van der Waals surface area contributed by atoms with Crippen LogP contribution in [-0.2, 0) is 26.2 Å². The molecule has 0 saturated heterocycles. The van der Waals surface area contributed by atoms with Crippen LogP contribution in [-0.4, -0.2) is 22.5 Å². The predicted octanol–water partition coefficient (Wildman–Crippen LogP) is 3.89. The van der Waals surface area contributed by atoms with Crippen LogP contribution in [0.3, 0.4) is 0 Å².